The molecule has 0 aromatic heterocycles. The van der Waals surface area contributed by atoms with Crippen LogP contribution in [0.25, 0.3) is 0 Å². The summed E-state index contributed by atoms with van der Waals surface area (Å²) in [5.41, 5.74) is 0. The smallest absolute Gasteiger partial charge is 0.343 e. The molecule has 0 aromatic carbocycles. The number of hydrogen-bond acceptors (Lipinski definition) is 5. The van der Waals surface area contributed by atoms with Gasteiger partial charge in [-0.1, -0.05) is 32.6 Å². The molecule has 19 heavy (non-hydrogen) atoms. The highest BCUT2D eigenvalue weighted by Crippen LogP contribution is 2.09. The zero-order chi connectivity index (χ0) is 14.1. The number of hydrogen-bond donors (Lipinski definition) is 1. The topological polar surface area (TPSA) is 81.7 Å². The van der Waals surface area contributed by atoms with Crippen LogP contribution in [0.15, 0.2) is 0 Å². The van der Waals surface area contributed by atoms with Crippen LogP contribution < -0.4 is 5.32 Å². The Bertz CT molecular complexity index is 329. The molecule has 1 rings (SSSR count). The molecular weight excluding hydrogens is 250 g/mol. The molecule has 108 valence electrons. The minimum atomic E-state index is -0.717. The second kappa shape index (κ2) is 8.50. The highest BCUT2D eigenvalue weighted by molar-refractivity contribution is 5.88. The van der Waals surface area contributed by atoms with E-state index >= 15 is 0 Å². The zero-order valence-corrected chi connectivity index (χ0v) is 11.3. The molecule has 1 saturated heterocycles. The number of amides is 1. The summed E-state index contributed by atoms with van der Waals surface area (Å²) in [6, 6.07) is -0.690. The molecule has 0 spiro atoms. The molecule has 0 radical (unpaired) electrons. The van der Waals surface area contributed by atoms with Crippen LogP contribution in [0.5, 0.6) is 0 Å². The first-order chi connectivity index (χ1) is 9.13. The fraction of sp³-hybridized carbons (Fsp3) is 0.769. The predicted octanol–water partition coefficient (Wildman–Crippen LogP) is 1.63. The van der Waals surface area contributed by atoms with Gasteiger partial charge in [0.25, 0.3) is 0 Å². The van der Waals surface area contributed by atoms with E-state index in [0.717, 1.165) is 32.1 Å². The maximum atomic E-state index is 11.4. The highest BCUT2D eigenvalue weighted by Gasteiger charge is 2.30. The third-order valence-electron chi connectivity index (χ3n) is 2.98. The van der Waals surface area contributed by atoms with Gasteiger partial charge in [-0.15, -0.1) is 0 Å². The Morgan fingerprint density at radius 3 is 2.58 bits per heavy atom. The summed E-state index contributed by atoms with van der Waals surface area (Å²) in [6.45, 7) is 2.12. The summed E-state index contributed by atoms with van der Waals surface area (Å²) in [4.78, 5) is 42.4. The average Bonchev–Trinajstić information content (AvgIpc) is 2.82. The van der Waals surface area contributed by atoms with E-state index in [1.807, 2.05) is 0 Å². The normalized spacial score (nSPS) is 17.9. The van der Waals surface area contributed by atoms with Crippen molar-refractivity contribution in [2.75, 3.05) is 0 Å². The summed E-state index contributed by atoms with van der Waals surface area (Å²) in [5.74, 6) is -1.46. The fourth-order valence-corrected chi connectivity index (χ4v) is 1.85. The molecule has 0 aliphatic carbocycles. The molecule has 6 nitrogen and oxygen atoms in total. The van der Waals surface area contributed by atoms with Gasteiger partial charge in [0.05, 0.1) is 6.42 Å². The molecule has 0 bridgehead atoms. The number of nitrogens with one attached hydrogen (secondary N) is 1. The largest absolute Gasteiger partial charge is 0.377 e. The lowest BCUT2D eigenvalue weighted by atomic mass is 10.1. The van der Waals surface area contributed by atoms with Crippen molar-refractivity contribution < 1.29 is 24.2 Å². The number of unbranched alkanes of at least 4 members (excludes halogenated alkanes) is 4. The van der Waals surface area contributed by atoms with Crippen LogP contribution in [-0.4, -0.2) is 23.9 Å². The average molecular weight is 271 g/mol. The van der Waals surface area contributed by atoms with E-state index in [2.05, 4.69) is 22.0 Å². The Balaban J connectivity index is 2.06. The molecule has 1 N–H and O–H groups in total. The molecule has 1 aliphatic heterocycles. The standard InChI is InChI=1S/C13H21NO5/c1-2-3-4-5-6-7-12(16)18-19-13(17)10-8-9-11(15)14-10/h10H,2-9H2,1H3,(H,14,15)/t10-/m0/s1. The first kappa shape index (κ1) is 15.5. The summed E-state index contributed by atoms with van der Waals surface area (Å²) in [7, 11) is 0. The van der Waals surface area contributed by atoms with Crippen molar-refractivity contribution in [2.45, 2.75) is 64.3 Å². The number of carbonyl (C=O) groups excluding carboxylic acids is 3. The molecule has 0 unspecified atom stereocenters. The van der Waals surface area contributed by atoms with Crippen LogP contribution in [0.1, 0.15) is 58.3 Å². The Hall–Kier alpha value is -1.59. The summed E-state index contributed by atoms with van der Waals surface area (Å²) in [6.07, 6.45) is 6.02. The van der Waals surface area contributed by atoms with E-state index < -0.39 is 18.0 Å². The first-order valence-electron chi connectivity index (χ1n) is 6.84. The second-order valence-electron chi connectivity index (χ2n) is 4.68. The second-order valence-corrected chi connectivity index (χ2v) is 4.68. The zero-order valence-electron chi connectivity index (χ0n) is 11.3. The summed E-state index contributed by atoms with van der Waals surface area (Å²) < 4.78 is 0. The Morgan fingerprint density at radius 1 is 1.21 bits per heavy atom. The lowest BCUT2D eigenvalue weighted by molar-refractivity contribution is -0.260. The SMILES string of the molecule is CCCCCCCC(=O)OOC(=O)[C@@H]1CCC(=O)N1. The van der Waals surface area contributed by atoms with Gasteiger partial charge in [-0.2, -0.15) is 0 Å². The third-order valence-corrected chi connectivity index (χ3v) is 2.98. The molecule has 6 heteroatoms. The van der Waals surface area contributed by atoms with Gasteiger partial charge in [0, 0.05) is 6.42 Å². The maximum absolute atomic E-state index is 11.4. The van der Waals surface area contributed by atoms with Gasteiger partial charge >= 0.3 is 11.9 Å². The van der Waals surface area contributed by atoms with Crippen molar-refractivity contribution in [1.82, 2.24) is 5.32 Å². The maximum Gasteiger partial charge on any atom is 0.377 e. The van der Waals surface area contributed by atoms with E-state index in [4.69, 9.17) is 0 Å². The molecular formula is C13H21NO5. The van der Waals surface area contributed by atoms with Gasteiger partial charge in [0.1, 0.15) is 6.04 Å². The van der Waals surface area contributed by atoms with Gasteiger partial charge in [-0.3, -0.25) is 4.79 Å². The molecule has 0 aromatic rings. The third kappa shape index (κ3) is 6.22. The number of rotatable bonds is 7. The van der Waals surface area contributed by atoms with E-state index in [9.17, 15) is 14.4 Å². The van der Waals surface area contributed by atoms with Crippen LogP contribution in [0, 0.1) is 0 Å². The van der Waals surface area contributed by atoms with Crippen molar-refractivity contribution in [3.05, 3.63) is 0 Å². The molecule has 1 aliphatic rings. The highest BCUT2D eigenvalue weighted by atomic mass is 17.2. The lowest BCUT2D eigenvalue weighted by Gasteiger charge is -2.07. The monoisotopic (exact) mass is 271 g/mol. The van der Waals surface area contributed by atoms with E-state index in [1.165, 1.54) is 0 Å². The lowest BCUT2D eigenvalue weighted by Crippen LogP contribution is -2.34. The predicted molar refractivity (Wildman–Crippen MR) is 66.7 cm³/mol. The van der Waals surface area contributed by atoms with Gasteiger partial charge in [0.2, 0.25) is 5.91 Å². The molecule has 1 atom stereocenters. The molecule has 0 saturated carbocycles. The van der Waals surface area contributed by atoms with Gasteiger partial charge in [-0.05, 0) is 12.8 Å². The minimum Gasteiger partial charge on any atom is -0.343 e. The van der Waals surface area contributed by atoms with E-state index in [1.54, 1.807) is 0 Å². The summed E-state index contributed by atoms with van der Waals surface area (Å²) >= 11 is 0. The molecule has 1 fully saturated rings. The summed E-state index contributed by atoms with van der Waals surface area (Å²) in [5, 5.41) is 2.44. The van der Waals surface area contributed by atoms with Crippen molar-refractivity contribution in [3.8, 4) is 0 Å². The van der Waals surface area contributed by atoms with Crippen molar-refractivity contribution in [1.29, 1.82) is 0 Å². The Labute approximate surface area is 112 Å². The van der Waals surface area contributed by atoms with E-state index in [0.29, 0.717) is 12.8 Å². The van der Waals surface area contributed by atoms with Gasteiger partial charge in [0.15, 0.2) is 0 Å². The van der Waals surface area contributed by atoms with Gasteiger partial charge < -0.3 is 5.32 Å². The van der Waals surface area contributed by atoms with Crippen LogP contribution in [0.2, 0.25) is 0 Å². The molecule has 1 amide bonds. The van der Waals surface area contributed by atoms with Crippen molar-refractivity contribution in [2.24, 2.45) is 0 Å². The Kier molecular flexibility index (Phi) is 6.92. The minimum absolute atomic E-state index is 0.191. The first-order valence-corrected chi connectivity index (χ1v) is 6.84. The van der Waals surface area contributed by atoms with E-state index in [-0.39, 0.29) is 12.3 Å². The van der Waals surface area contributed by atoms with Crippen molar-refractivity contribution in [3.63, 3.8) is 0 Å². The number of carbonyl (C=O) groups is 3. The van der Waals surface area contributed by atoms with Crippen LogP contribution in [-0.2, 0) is 24.2 Å². The van der Waals surface area contributed by atoms with Crippen LogP contribution in [0.4, 0.5) is 0 Å². The fourth-order valence-electron chi connectivity index (χ4n) is 1.85. The molecule has 1 heterocycles. The van der Waals surface area contributed by atoms with Crippen molar-refractivity contribution >= 4 is 17.8 Å². The van der Waals surface area contributed by atoms with Gasteiger partial charge in [-0.25, -0.2) is 19.4 Å². The van der Waals surface area contributed by atoms with Crippen LogP contribution in [0.3, 0.4) is 0 Å². The quantitative estimate of drug-likeness (QED) is 0.432. The Morgan fingerprint density at radius 2 is 1.95 bits per heavy atom. The van der Waals surface area contributed by atoms with Crippen LogP contribution >= 0.6 is 0 Å².